The van der Waals surface area contributed by atoms with Crippen molar-refractivity contribution in [2.24, 2.45) is 0 Å². The van der Waals surface area contributed by atoms with Crippen LogP contribution < -0.4 is 10.6 Å². The lowest BCUT2D eigenvalue weighted by Gasteiger charge is -2.08. The van der Waals surface area contributed by atoms with Crippen molar-refractivity contribution in [1.82, 2.24) is 5.32 Å². The third-order valence-electron chi connectivity index (χ3n) is 3.20. The van der Waals surface area contributed by atoms with Crippen molar-refractivity contribution in [3.8, 4) is 0 Å². The fraction of sp³-hybridized carbons (Fsp3) is 0.222. The summed E-state index contributed by atoms with van der Waals surface area (Å²) in [5.74, 6) is -0.0689. The molecule has 5 nitrogen and oxygen atoms in total. The molecule has 0 saturated carbocycles. The lowest BCUT2D eigenvalue weighted by atomic mass is 10.2. The average Bonchev–Trinajstić information content (AvgIpc) is 2.60. The third kappa shape index (κ3) is 6.71. The zero-order valence-electron chi connectivity index (χ0n) is 13.1. The Labute approximate surface area is 146 Å². The molecule has 0 aliphatic carbocycles. The molecule has 0 saturated heterocycles. The zero-order chi connectivity index (χ0) is 17.2. The largest absolute Gasteiger partial charge is 0.449 e. The first-order valence-electron chi connectivity index (χ1n) is 7.63. The second-order valence-electron chi connectivity index (χ2n) is 5.13. The van der Waals surface area contributed by atoms with Gasteiger partial charge in [0.1, 0.15) is 0 Å². The Morgan fingerprint density at radius 3 is 2.42 bits per heavy atom. The first kappa shape index (κ1) is 17.8. The predicted octanol–water partition coefficient (Wildman–Crippen LogP) is 3.99. The number of rotatable bonds is 7. The summed E-state index contributed by atoms with van der Waals surface area (Å²) in [5, 5.41) is 6.00. The van der Waals surface area contributed by atoms with E-state index in [4.69, 9.17) is 16.3 Å². The summed E-state index contributed by atoms with van der Waals surface area (Å²) in [5.41, 5.74) is 1.65. The van der Waals surface area contributed by atoms with Gasteiger partial charge in [-0.3, -0.25) is 10.1 Å². The minimum absolute atomic E-state index is 0.0689. The molecule has 2 aromatic carbocycles. The number of amides is 2. The van der Waals surface area contributed by atoms with Crippen LogP contribution in [0.25, 0.3) is 0 Å². The van der Waals surface area contributed by atoms with Crippen LogP contribution in [0.1, 0.15) is 18.4 Å². The van der Waals surface area contributed by atoms with Crippen molar-refractivity contribution >= 4 is 29.3 Å². The Kier molecular flexibility index (Phi) is 7.11. The number of nitrogens with one attached hydrogen (secondary N) is 2. The molecule has 0 aliphatic heterocycles. The molecule has 2 rings (SSSR count). The standard InChI is InChI=1S/C18H19ClN2O3/c19-15-8-10-16(11-9-15)21-18(23)24-12-4-7-17(22)20-13-14-5-2-1-3-6-14/h1-3,5-6,8-11H,4,7,12-13H2,(H,20,22)(H,21,23). The summed E-state index contributed by atoms with van der Waals surface area (Å²) in [6.07, 6.45) is 0.220. The minimum Gasteiger partial charge on any atom is -0.449 e. The summed E-state index contributed by atoms with van der Waals surface area (Å²) < 4.78 is 5.03. The van der Waals surface area contributed by atoms with E-state index in [0.717, 1.165) is 5.56 Å². The summed E-state index contributed by atoms with van der Waals surface area (Å²) in [6.45, 7) is 0.676. The lowest BCUT2D eigenvalue weighted by Crippen LogP contribution is -2.23. The van der Waals surface area contributed by atoms with Crippen molar-refractivity contribution in [1.29, 1.82) is 0 Å². The highest BCUT2D eigenvalue weighted by molar-refractivity contribution is 6.30. The Bertz CT molecular complexity index is 660. The van der Waals surface area contributed by atoms with Gasteiger partial charge < -0.3 is 10.1 Å². The monoisotopic (exact) mass is 346 g/mol. The fourth-order valence-corrected chi connectivity index (χ4v) is 2.10. The normalized spacial score (nSPS) is 10.0. The summed E-state index contributed by atoms with van der Waals surface area (Å²) in [6, 6.07) is 16.4. The van der Waals surface area contributed by atoms with Gasteiger partial charge in [0.2, 0.25) is 5.91 Å². The van der Waals surface area contributed by atoms with Crippen LogP contribution >= 0.6 is 11.6 Å². The second kappa shape index (κ2) is 9.57. The molecule has 0 atom stereocenters. The zero-order valence-corrected chi connectivity index (χ0v) is 13.9. The fourth-order valence-electron chi connectivity index (χ4n) is 1.97. The molecule has 0 aliphatic rings. The number of carbonyl (C=O) groups is 2. The third-order valence-corrected chi connectivity index (χ3v) is 3.46. The van der Waals surface area contributed by atoms with E-state index in [1.807, 2.05) is 30.3 Å². The van der Waals surface area contributed by atoms with Gasteiger partial charge in [0, 0.05) is 23.7 Å². The van der Waals surface area contributed by atoms with Gasteiger partial charge in [-0.15, -0.1) is 0 Å². The van der Waals surface area contributed by atoms with Gasteiger partial charge in [0.15, 0.2) is 0 Å². The molecule has 2 N–H and O–H groups in total. The van der Waals surface area contributed by atoms with Gasteiger partial charge in [-0.05, 0) is 36.2 Å². The average molecular weight is 347 g/mol. The maximum Gasteiger partial charge on any atom is 0.411 e. The predicted molar refractivity (Wildman–Crippen MR) is 93.9 cm³/mol. The molecule has 0 unspecified atom stereocenters. The maximum absolute atomic E-state index is 11.7. The molecule has 24 heavy (non-hydrogen) atoms. The van der Waals surface area contributed by atoms with Gasteiger partial charge in [-0.25, -0.2) is 4.79 Å². The van der Waals surface area contributed by atoms with Crippen LogP contribution in [0.3, 0.4) is 0 Å². The van der Waals surface area contributed by atoms with Gasteiger partial charge >= 0.3 is 6.09 Å². The number of hydrogen-bond acceptors (Lipinski definition) is 3. The number of benzene rings is 2. The van der Waals surface area contributed by atoms with Gasteiger partial charge in [-0.1, -0.05) is 41.9 Å². The van der Waals surface area contributed by atoms with E-state index in [9.17, 15) is 9.59 Å². The molecular weight excluding hydrogens is 328 g/mol. The highest BCUT2D eigenvalue weighted by atomic mass is 35.5. The second-order valence-corrected chi connectivity index (χ2v) is 5.57. The molecule has 2 amide bonds. The number of hydrogen-bond donors (Lipinski definition) is 2. The molecular formula is C18H19ClN2O3. The van der Waals surface area contributed by atoms with E-state index in [2.05, 4.69) is 10.6 Å². The number of halogens is 1. The smallest absolute Gasteiger partial charge is 0.411 e. The molecule has 126 valence electrons. The van der Waals surface area contributed by atoms with Crippen LogP contribution in [0.5, 0.6) is 0 Å². The van der Waals surface area contributed by atoms with Crippen LogP contribution in [0.2, 0.25) is 5.02 Å². The Morgan fingerprint density at radius 1 is 1.00 bits per heavy atom. The van der Waals surface area contributed by atoms with E-state index in [0.29, 0.717) is 30.1 Å². The molecule has 0 radical (unpaired) electrons. The van der Waals surface area contributed by atoms with E-state index < -0.39 is 6.09 Å². The van der Waals surface area contributed by atoms with E-state index >= 15 is 0 Å². The Balaban J connectivity index is 1.57. The highest BCUT2D eigenvalue weighted by Crippen LogP contribution is 2.13. The van der Waals surface area contributed by atoms with Gasteiger partial charge in [0.25, 0.3) is 0 Å². The quantitative estimate of drug-likeness (QED) is 0.745. The lowest BCUT2D eigenvalue weighted by molar-refractivity contribution is -0.121. The van der Waals surface area contributed by atoms with Crippen molar-refractivity contribution < 1.29 is 14.3 Å². The topological polar surface area (TPSA) is 67.4 Å². The number of carbonyl (C=O) groups excluding carboxylic acids is 2. The van der Waals surface area contributed by atoms with Crippen LogP contribution in [0, 0.1) is 0 Å². The summed E-state index contributed by atoms with van der Waals surface area (Å²) in [7, 11) is 0. The minimum atomic E-state index is -0.554. The van der Waals surface area contributed by atoms with E-state index in [1.54, 1.807) is 24.3 Å². The molecule has 2 aromatic rings. The SMILES string of the molecule is O=C(CCCOC(=O)Nc1ccc(Cl)cc1)NCc1ccccc1. The number of anilines is 1. The van der Waals surface area contributed by atoms with Crippen molar-refractivity contribution in [3.63, 3.8) is 0 Å². The number of ether oxygens (including phenoxy) is 1. The van der Waals surface area contributed by atoms with Crippen LogP contribution in [-0.2, 0) is 16.1 Å². The summed E-state index contributed by atoms with van der Waals surface area (Å²) >= 11 is 5.76. The van der Waals surface area contributed by atoms with E-state index in [1.165, 1.54) is 0 Å². The molecule has 0 spiro atoms. The van der Waals surface area contributed by atoms with E-state index in [-0.39, 0.29) is 12.5 Å². The molecule has 0 aromatic heterocycles. The van der Waals surface area contributed by atoms with Crippen molar-refractivity contribution in [2.45, 2.75) is 19.4 Å². The first-order valence-corrected chi connectivity index (χ1v) is 8.01. The first-order chi connectivity index (χ1) is 11.6. The Hall–Kier alpha value is -2.53. The van der Waals surface area contributed by atoms with Crippen LogP contribution in [0.15, 0.2) is 54.6 Å². The molecule has 6 heteroatoms. The van der Waals surface area contributed by atoms with Crippen LogP contribution in [-0.4, -0.2) is 18.6 Å². The highest BCUT2D eigenvalue weighted by Gasteiger charge is 2.05. The van der Waals surface area contributed by atoms with Gasteiger partial charge in [0.05, 0.1) is 6.61 Å². The molecule has 0 fully saturated rings. The molecule has 0 heterocycles. The molecule has 0 bridgehead atoms. The summed E-state index contributed by atoms with van der Waals surface area (Å²) in [4.78, 5) is 23.3. The van der Waals surface area contributed by atoms with Crippen LogP contribution in [0.4, 0.5) is 10.5 Å². The maximum atomic E-state index is 11.7. The van der Waals surface area contributed by atoms with Crippen molar-refractivity contribution in [3.05, 3.63) is 65.2 Å². The van der Waals surface area contributed by atoms with Gasteiger partial charge in [-0.2, -0.15) is 0 Å². The van der Waals surface area contributed by atoms with Crippen molar-refractivity contribution in [2.75, 3.05) is 11.9 Å². The Morgan fingerprint density at radius 2 is 1.71 bits per heavy atom.